The summed E-state index contributed by atoms with van der Waals surface area (Å²) >= 11 is 4.76. The summed E-state index contributed by atoms with van der Waals surface area (Å²) < 4.78 is 14.1. The minimum Gasteiger partial charge on any atom is -0.389 e. The maximum Gasteiger partial charge on any atom is 0.234 e. The van der Waals surface area contributed by atoms with Crippen LogP contribution in [0, 0.1) is 11.2 Å². The summed E-state index contributed by atoms with van der Waals surface area (Å²) in [6.45, 7) is 3.68. The second-order valence-electron chi connectivity index (χ2n) is 5.67. The number of nitrogens with two attached hydrogens (primary N) is 1. The third-order valence-corrected chi connectivity index (χ3v) is 3.47. The molecule has 20 heavy (non-hydrogen) atoms. The number of piperidine rings is 1. The second kappa shape index (κ2) is 4.94. The Morgan fingerprint density at radius 2 is 1.85 bits per heavy atom. The van der Waals surface area contributed by atoms with Crippen molar-refractivity contribution >= 4 is 34.7 Å². The molecule has 0 unspecified atom stereocenters. The van der Waals surface area contributed by atoms with Crippen molar-refractivity contribution in [2.45, 2.75) is 26.7 Å². The van der Waals surface area contributed by atoms with E-state index in [0.717, 1.165) is 11.0 Å². The van der Waals surface area contributed by atoms with Crippen molar-refractivity contribution in [3.63, 3.8) is 0 Å². The molecule has 0 spiro atoms. The van der Waals surface area contributed by atoms with Crippen LogP contribution in [0.15, 0.2) is 18.2 Å². The molecule has 2 rings (SSSR count). The Morgan fingerprint density at radius 3 is 2.30 bits per heavy atom. The van der Waals surface area contributed by atoms with Crippen LogP contribution in [0.4, 0.5) is 10.1 Å². The molecular weight excluding hydrogens is 279 g/mol. The van der Waals surface area contributed by atoms with Crippen LogP contribution in [-0.2, 0) is 9.59 Å². The molecule has 2 amide bonds. The van der Waals surface area contributed by atoms with Crippen molar-refractivity contribution < 1.29 is 14.0 Å². The van der Waals surface area contributed by atoms with Crippen molar-refractivity contribution in [3.05, 3.63) is 29.6 Å². The van der Waals surface area contributed by atoms with Gasteiger partial charge in [0.05, 0.1) is 5.69 Å². The van der Waals surface area contributed by atoms with Gasteiger partial charge in [0.2, 0.25) is 11.8 Å². The summed E-state index contributed by atoms with van der Waals surface area (Å²) in [5, 5.41) is 0. The van der Waals surface area contributed by atoms with E-state index in [4.69, 9.17) is 18.0 Å². The lowest BCUT2D eigenvalue weighted by molar-refractivity contribution is -0.132. The van der Waals surface area contributed by atoms with Gasteiger partial charge in [0.25, 0.3) is 0 Å². The summed E-state index contributed by atoms with van der Waals surface area (Å²) in [5.74, 6) is -1.47. The van der Waals surface area contributed by atoms with Crippen molar-refractivity contribution in [2.75, 3.05) is 4.90 Å². The smallest absolute Gasteiger partial charge is 0.234 e. The molecule has 6 heteroatoms. The Kier molecular flexibility index (Phi) is 3.60. The van der Waals surface area contributed by atoms with Gasteiger partial charge < -0.3 is 5.73 Å². The fraction of sp³-hybridized carbons (Fsp3) is 0.357. The zero-order chi connectivity index (χ0) is 15.1. The van der Waals surface area contributed by atoms with Crippen molar-refractivity contribution in [1.29, 1.82) is 0 Å². The van der Waals surface area contributed by atoms with Gasteiger partial charge in [0.1, 0.15) is 10.8 Å². The molecule has 0 radical (unpaired) electrons. The van der Waals surface area contributed by atoms with E-state index in [-0.39, 0.29) is 28.9 Å². The standard InChI is InChI=1S/C14H15FN2O2S/c1-14(2)6-11(18)17(12(19)7-14)10-4-3-8(13(16)20)5-9(10)15/h3-5H,6-7H2,1-2H3,(H2,16,20). The van der Waals surface area contributed by atoms with Gasteiger partial charge >= 0.3 is 0 Å². The van der Waals surface area contributed by atoms with E-state index in [1.807, 2.05) is 13.8 Å². The average molecular weight is 294 g/mol. The lowest BCUT2D eigenvalue weighted by atomic mass is 9.81. The molecule has 1 aliphatic rings. The fourth-order valence-corrected chi connectivity index (χ4v) is 2.42. The lowest BCUT2D eigenvalue weighted by Gasteiger charge is -2.34. The summed E-state index contributed by atoms with van der Waals surface area (Å²) in [4.78, 5) is 25.1. The number of nitrogens with zero attached hydrogens (tertiary/aromatic N) is 1. The first kappa shape index (κ1) is 14.6. The molecule has 2 N–H and O–H groups in total. The number of benzene rings is 1. The molecule has 0 aliphatic carbocycles. The first-order chi connectivity index (χ1) is 9.21. The number of hydrogen-bond acceptors (Lipinski definition) is 3. The quantitative estimate of drug-likeness (QED) is 0.670. The van der Waals surface area contributed by atoms with E-state index >= 15 is 0 Å². The molecule has 0 bridgehead atoms. The monoisotopic (exact) mass is 294 g/mol. The van der Waals surface area contributed by atoms with Crippen molar-refractivity contribution in [2.24, 2.45) is 11.1 Å². The molecule has 1 aliphatic heterocycles. The van der Waals surface area contributed by atoms with E-state index in [0.29, 0.717) is 5.56 Å². The second-order valence-corrected chi connectivity index (χ2v) is 6.11. The number of hydrogen-bond donors (Lipinski definition) is 1. The minimum atomic E-state index is -0.684. The highest BCUT2D eigenvalue weighted by Crippen LogP contribution is 2.35. The third-order valence-electron chi connectivity index (χ3n) is 3.23. The maximum atomic E-state index is 14.1. The van der Waals surface area contributed by atoms with E-state index in [1.54, 1.807) is 0 Å². The number of thiocarbonyl (C=S) groups is 1. The molecular formula is C14H15FN2O2S. The first-order valence-corrected chi connectivity index (χ1v) is 6.57. The largest absolute Gasteiger partial charge is 0.389 e. The summed E-state index contributed by atoms with van der Waals surface area (Å²) in [6.07, 6.45) is 0.407. The predicted molar refractivity (Wildman–Crippen MR) is 77.8 cm³/mol. The minimum absolute atomic E-state index is 0.0458. The van der Waals surface area contributed by atoms with Gasteiger partial charge in [-0.15, -0.1) is 0 Å². The van der Waals surface area contributed by atoms with Gasteiger partial charge in [0, 0.05) is 18.4 Å². The van der Waals surface area contributed by atoms with Crippen LogP contribution in [0.2, 0.25) is 0 Å². The van der Waals surface area contributed by atoms with Crippen LogP contribution in [0.1, 0.15) is 32.3 Å². The first-order valence-electron chi connectivity index (χ1n) is 6.16. The molecule has 0 saturated carbocycles. The average Bonchev–Trinajstić information content (AvgIpc) is 2.28. The Hall–Kier alpha value is -1.82. The van der Waals surface area contributed by atoms with Crippen LogP contribution >= 0.6 is 12.2 Å². The van der Waals surface area contributed by atoms with Gasteiger partial charge in [-0.2, -0.15) is 0 Å². The van der Waals surface area contributed by atoms with E-state index in [9.17, 15) is 14.0 Å². The SMILES string of the molecule is CC1(C)CC(=O)N(c2ccc(C(N)=S)cc2F)C(=O)C1. The van der Waals surface area contributed by atoms with Gasteiger partial charge in [-0.1, -0.05) is 26.1 Å². The molecule has 1 aromatic rings. The highest BCUT2D eigenvalue weighted by molar-refractivity contribution is 7.80. The molecule has 0 aromatic heterocycles. The van der Waals surface area contributed by atoms with Crippen LogP contribution in [0.5, 0.6) is 0 Å². The molecule has 1 heterocycles. The van der Waals surface area contributed by atoms with E-state index < -0.39 is 17.6 Å². The summed E-state index contributed by atoms with van der Waals surface area (Å²) in [6, 6.07) is 4.00. The molecule has 106 valence electrons. The van der Waals surface area contributed by atoms with Crippen LogP contribution in [0.3, 0.4) is 0 Å². The Labute approximate surface area is 121 Å². The van der Waals surface area contributed by atoms with Crippen molar-refractivity contribution in [1.82, 2.24) is 0 Å². The molecule has 0 atom stereocenters. The normalized spacial score (nSPS) is 18.2. The van der Waals surface area contributed by atoms with Gasteiger partial charge in [-0.25, -0.2) is 9.29 Å². The van der Waals surface area contributed by atoms with Crippen LogP contribution < -0.4 is 10.6 Å². The number of carbonyl (C=O) groups is 2. The highest BCUT2D eigenvalue weighted by Gasteiger charge is 2.39. The number of amides is 2. The van der Waals surface area contributed by atoms with Gasteiger partial charge in [-0.3, -0.25) is 9.59 Å². The zero-order valence-electron chi connectivity index (χ0n) is 11.3. The third kappa shape index (κ3) is 2.70. The number of halogens is 1. The molecule has 1 saturated heterocycles. The van der Waals surface area contributed by atoms with E-state index in [1.165, 1.54) is 12.1 Å². The fourth-order valence-electron chi connectivity index (χ4n) is 2.29. The highest BCUT2D eigenvalue weighted by atomic mass is 32.1. The molecule has 1 fully saturated rings. The number of anilines is 1. The lowest BCUT2D eigenvalue weighted by Crippen LogP contribution is -2.46. The Balaban J connectivity index is 2.39. The molecule has 4 nitrogen and oxygen atoms in total. The Morgan fingerprint density at radius 1 is 1.30 bits per heavy atom. The zero-order valence-corrected chi connectivity index (χ0v) is 12.1. The molecule has 1 aromatic carbocycles. The number of rotatable bonds is 2. The predicted octanol–water partition coefficient (Wildman–Crippen LogP) is 2.14. The van der Waals surface area contributed by atoms with Gasteiger partial charge in [0.15, 0.2) is 0 Å². The number of imide groups is 1. The summed E-state index contributed by atoms with van der Waals surface area (Å²) in [7, 11) is 0. The maximum absolute atomic E-state index is 14.1. The van der Waals surface area contributed by atoms with Crippen LogP contribution in [-0.4, -0.2) is 16.8 Å². The van der Waals surface area contributed by atoms with Crippen LogP contribution in [0.25, 0.3) is 0 Å². The Bertz CT molecular complexity index is 593. The topological polar surface area (TPSA) is 63.4 Å². The van der Waals surface area contributed by atoms with E-state index in [2.05, 4.69) is 0 Å². The number of carbonyl (C=O) groups excluding carboxylic acids is 2. The van der Waals surface area contributed by atoms with Gasteiger partial charge in [-0.05, 0) is 23.6 Å². The van der Waals surface area contributed by atoms with Crippen molar-refractivity contribution in [3.8, 4) is 0 Å². The summed E-state index contributed by atoms with van der Waals surface area (Å²) in [5.41, 5.74) is 5.34.